The van der Waals surface area contributed by atoms with Gasteiger partial charge < -0.3 is 10.1 Å². The maximum absolute atomic E-state index is 10.9. The zero-order chi connectivity index (χ0) is 11.5. The van der Waals surface area contributed by atoms with Gasteiger partial charge in [0.05, 0.1) is 5.56 Å². The third-order valence-electron chi connectivity index (χ3n) is 2.34. The molecule has 16 heavy (non-hydrogen) atoms. The predicted molar refractivity (Wildman–Crippen MR) is 65.0 cm³/mol. The van der Waals surface area contributed by atoms with Crippen LogP contribution in [0.2, 0.25) is 0 Å². The van der Waals surface area contributed by atoms with E-state index >= 15 is 0 Å². The van der Waals surface area contributed by atoms with Crippen LogP contribution >= 0.6 is 11.6 Å². The molecule has 82 valence electrons. The highest BCUT2D eigenvalue weighted by molar-refractivity contribution is 6.19. The molecule has 1 heterocycles. The smallest absolute Gasteiger partial charge is 0.337 e. The Bertz CT molecular complexity index is 557. The van der Waals surface area contributed by atoms with E-state index in [1.165, 1.54) is 6.20 Å². The van der Waals surface area contributed by atoms with Gasteiger partial charge in [-0.05, 0) is 17.7 Å². The molecule has 1 aromatic heterocycles. The van der Waals surface area contributed by atoms with Crippen molar-refractivity contribution in [1.82, 2.24) is 4.98 Å². The van der Waals surface area contributed by atoms with Gasteiger partial charge in [-0.2, -0.15) is 0 Å². The number of aromatic amines is 1. The van der Waals surface area contributed by atoms with Crippen molar-refractivity contribution in [3.8, 4) is 0 Å². The largest absolute Gasteiger partial charge is 0.478 e. The van der Waals surface area contributed by atoms with Crippen molar-refractivity contribution in [3.63, 3.8) is 0 Å². The Morgan fingerprint density at radius 1 is 1.50 bits per heavy atom. The molecular weight excluding hydrogens is 226 g/mol. The highest BCUT2D eigenvalue weighted by Crippen LogP contribution is 2.20. The van der Waals surface area contributed by atoms with Crippen LogP contribution in [0.15, 0.2) is 30.5 Å². The minimum absolute atomic E-state index is 0.288. The highest BCUT2D eigenvalue weighted by atomic mass is 35.5. The number of nitrogens with one attached hydrogen (secondary N) is 1. The fourth-order valence-corrected chi connectivity index (χ4v) is 1.69. The summed E-state index contributed by atoms with van der Waals surface area (Å²) in [6.07, 6.45) is 5.18. The standard InChI is InChI=1S/C12H10ClNO2/c13-5-1-2-8-3-4-11-9(6-8)10(7-14-11)12(15)16/h1-4,6-7,14H,5H2,(H,15,16). The molecule has 0 fully saturated rings. The average Bonchev–Trinajstić information content (AvgIpc) is 2.69. The predicted octanol–water partition coefficient (Wildman–Crippen LogP) is 3.12. The monoisotopic (exact) mass is 235 g/mol. The molecule has 2 rings (SSSR count). The van der Waals surface area contributed by atoms with Crippen molar-refractivity contribution in [1.29, 1.82) is 0 Å². The molecule has 0 atom stereocenters. The molecule has 0 bridgehead atoms. The summed E-state index contributed by atoms with van der Waals surface area (Å²) in [5.41, 5.74) is 2.05. The number of benzene rings is 1. The Morgan fingerprint density at radius 3 is 3.00 bits per heavy atom. The van der Waals surface area contributed by atoms with Gasteiger partial charge in [-0.25, -0.2) is 4.79 Å². The Morgan fingerprint density at radius 2 is 2.31 bits per heavy atom. The summed E-state index contributed by atoms with van der Waals surface area (Å²) in [4.78, 5) is 13.9. The summed E-state index contributed by atoms with van der Waals surface area (Å²) in [6.45, 7) is 0. The van der Waals surface area contributed by atoms with E-state index in [2.05, 4.69) is 4.98 Å². The summed E-state index contributed by atoms with van der Waals surface area (Å²) in [6, 6.07) is 5.60. The number of hydrogen-bond donors (Lipinski definition) is 2. The minimum Gasteiger partial charge on any atom is -0.478 e. The third kappa shape index (κ3) is 1.95. The first-order valence-electron chi connectivity index (χ1n) is 4.79. The fraction of sp³-hybridized carbons (Fsp3) is 0.0833. The number of aromatic carboxylic acids is 1. The number of carbonyl (C=O) groups is 1. The van der Waals surface area contributed by atoms with E-state index in [-0.39, 0.29) is 5.56 Å². The van der Waals surface area contributed by atoms with E-state index in [1.807, 2.05) is 30.4 Å². The molecule has 0 saturated heterocycles. The van der Waals surface area contributed by atoms with Gasteiger partial charge in [0.2, 0.25) is 0 Å². The van der Waals surface area contributed by atoms with Crippen LogP contribution in [0.4, 0.5) is 0 Å². The lowest BCUT2D eigenvalue weighted by molar-refractivity contribution is 0.0699. The van der Waals surface area contributed by atoms with Crippen LogP contribution in [-0.4, -0.2) is 21.9 Å². The highest BCUT2D eigenvalue weighted by Gasteiger charge is 2.09. The molecule has 0 spiro atoms. The molecular formula is C12H10ClNO2. The van der Waals surface area contributed by atoms with Crippen LogP contribution in [-0.2, 0) is 0 Å². The van der Waals surface area contributed by atoms with Gasteiger partial charge in [0.15, 0.2) is 0 Å². The number of H-pyrrole nitrogens is 1. The zero-order valence-corrected chi connectivity index (χ0v) is 9.16. The van der Waals surface area contributed by atoms with E-state index in [0.717, 1.165) is 11.1 Å². The molecule has 0 aliphatic rings. The van der Waals surface area contributed by atoms with Crippen molar-refractivity contribution in [2.45, 2.75) is 0 Å². The second-order valence-electron chi connectivity index (χ2n) is 3.37. The van der Waals surface area contributed by atoms with Gasteiger partial charge in [0, 0.05) is 23.0 Å². The number of carboxylic acids is 1. The Kier molecular flexibility index (Phi) is 2.97. The molecule has 0 unspecified atom stereocenters. The Labute approximate surface area is 97.4 Å². The SMILES string of the molecule is O=C(O)c1c[nH]c2ccc(C=CCCl)cc12. The second kappa shape index (κ2) is 4.41. The molecule has 0 radical (unpaired) electrons. The number of allylic oxidation sites excluding steroid dienone is 1. The summed E-state index contributed by atoms with van der Waals surface area (Å²) in [5.74, 6) is -0.485. The maximum atomic E-state index is 10.9. The number of aromatic nitrogens is 1. The zero-order valence-electron chi connectivity index (χ0n) is 8.40. The van der Waals surface area contributed by atoms with Crippen molar-refractivity contribution in [2.75, 3.05) is 5.88 Å². The third-order valence-corrected chi connectivity index (χ3v) is 2.51. The van der Waals surface area contributed by atoms with Crippen LogP contribution in [0.1, 0.15) is 15.9 Å². The average molecular weight is 236 g/mol. The van der Waals surface area contributed by atoms with E-state index in [0.29, 0.717) is 11.3 Å². The Hall–Kier alpha value is -1.74. The van der Waals surface area contributed by atoms with Gasteiger partial charge in [0.25, 0.3) is 0 Å². The lowest BCUT2D eigenvalue weighted by atomic mass is 10.1. The second-order valence-corrected chi connectivity index (χ2v) is 3.68. The first-order valence-corrected chi connectivity index (χ1v) is 5.33. The normalized spacial score (nSPS) is 11.3. The summed E-state index contributed by atoms with van der Waals surface area (Å²) >= 11 is 5.54. The lowest BCUT2D eigenvalue weighted by Crippen LogP contribution is -1.93. The van der Waals surface area contributed by atoms with Gasteiger partial charge in [-0.1, -0.05) is 18.2 Å². The molecule has 0 saturated carbocycles. The van der Waals surface area contributed by atoms with E-state index < -0.39 is 5.97 Å². The number of rotatable bonds is 3. The first-order chi connectivity index (χ1) is 7.72. The summed E-state index contributed by atoms with van der Waals surface area (Å²) < 4.78 is 0. The molecule has 3 nitrogen and oxygen atoms in total. The van der Waals surface area contributed by atoms with E-state index in [4.69, 9.17) is 16.7 Å². The molecule has 0 amide bonds. The molecule has 2 aromatic rings. The number of carboxylic acid groups (broad SMARTS) is 1. The summed E-state index contributed by atoms with van der Waals surface area (Å²) in [7, 11) is 0. The van der Waals surface area contributed by atoms with Gasteiger partial charge in [-0.3, -0.25) is 0 Å². The number of halogens is 1. The fourth-order valence-electron chi connectivity index (χ4n) is 1.60. The van der Waals surface area contributed by atoms with Gasteiger partial charge in [0.1, 0.15) is 0 Å². The number of fused-ring (bicyclic) bond motifs is 1. The maximum Gasteiger partial charge on any atom is 0.337 e. The Balaban J connectivity index is 2.54. The number of hydrogen-bond acceptors (Lipinski definition) is 1. The van der Waals surface area contributed by atoms with Gasteiger partial charge >= 0.3 is 5.97 Å². The van der Waals surface area contributed by atoms with Crippen molar-refractivity contribution >= 4 is 34.5 Å². The van der Waals surface area contributed by atoms with E-state index in [9.17, 15) is 4.79 Å². The molecule has 4 heteroatoms. The van der Waals surface area contributed by atoms with Crippen molar-refractivity contribution < 1.29 is 9.90 Å². The first kappa shape index (κ1) is 10.8. The topological polar surface area (TPSA) is 53.1 Å². The van der Waals surface area contributed by atoms with Crippen LogP contribution in [0, 0.1) is 0 Å². The number of alkyl halides is 1. The quantitative estimate of drug-likeness (QED) is 0.803. The van der Waals surface area contributed by atoms with Crippen molar-refractivity contribution in [2.24, 2.45) is 0 Å². The molecule has 2 N–H and O–H groups in total. The molecule has 0 aliphatic carbocycles. The lowest BCUT2D eigenvalue weighted by Gasteiger charge is -1.96. The minimum atomic E-state index is -0.926. The van der Waals surface area contributed by atoms with Gasteiger partial charge in [-0.15, -0.1) is 11.6 Å². The molecule has 1 aromatic carbocycles. The van der Waals surface area contributed by atoms with Crippen molar-refractivity contribution in [3.05, 3.63) is 41.6 Å². The van der Waals surface area contributed by atoms with Crippen LogP contribution in [0.25, 0.3) is 17.0 Å². The van der Waals surface area contributed by atoms with Crippen LogP contribution in [0.3, 0.4) is 0 Å². The van der Waals surface area contributed by atoms with Crippen LogP contribution in [0.5, 0.6) is 0 Å². The molecule has 0 aliphatic heterocycles. The summed E-state index contributed by atoms with van der Waals surface area (Å²) in [5, 5.41) is 9.69. The van der Waals surface area contributed by atoms with Crippen LogP contribution < -0.4 is 0 Å². The van der Waals surface area contributed by atoms with E-state index in [1.54, 1.807) is 0 Å².